The molecular weight excluding hydrogens is 148 g/mol. The van der Waals surface area contributed by atoms with Crippen molar-refractivity contribution in [2.24, 2.45) is 0 Å². The molecule has 0 heterocycles. The summed E-state index contributed by atoms with van der Waals surface area (Å²) in [6.45, 7) is 0. The number of hydrogen-bond donors (Lipinski definition) is 0. The molecule has 0 fully saturated rings. The molecule has 0 saturated carbocycles. The Morgan fingerprint density at radius 1 is 0.500 bits per heavy atom. The summed E-state index contributed by atoms with van der Waals surface area (Å²) in [6, 6.07) is 0. The molecule has 0 saturated heterocycles. The van der Waals surface area contributed by atoms with Gasteiger partial charge in [-0.15, -0.1) is 24.0 Å². The van der Waals surface area contributed by atoms with Gasteiger partial charge in [0.15, 0.2) is 0 Å². The molecular formula is H4ILi3. The third kappa shape index (κ3) is 8.82. The molecule has 0 aromatic heterocycles. The second-order valence-electron chi connectivity index (χ2n) is 0. The summed E-state index contributed by atoms with van der Waals surface area (Å²) in [5, 5.41) is 0. The van der Waals surface area contributed by atoms with E-state index in [0.29, 0.717) is 0 Å². The van der Waals surface area contributed by atoms with E-state index in [9.17, 15) is 0 Å². The van der Waals surface area contributed by atoms with Crippen LogP contribution in [0, 0.1) is 0 Å². The Balaban J connectivity index is 0. The molecule has 0 aliphatic heterocycles. The second kappa shape index (κ2) is 17.8. The first-order valence-corrected chi connectivity index (χ1v) is 0. The molecule has 4 heteroatoms. The maximum atomic E-state index is 0. The molecule has 14 valence electrons. The van der Waals surface area contributed by atoms with Gasteiger partial charge in [0, 0.05) is 0 Å². The first-order chi connectivity index (χ1) is 0. The molecule has 0 spiro atoms. The van der Waals surface area contributed by atoms with Crippen molar-refractivity contribution in [1.29, 1.82) is 0 Å². The third-order valence-electron chi connectivity index (χ3n) is 0. The molecule has 0 aliphatic carbocycles. The van der Waals surface area contributed by atoms with Gasteiger partial charge in [0.2, 0.25) is 0 Å². The van der Waals surface area contributed by atoms with E-state index >= 15 is 0 Å². The van der Waals surface area contributed by atoms with Gasteiger partial charge >= 0.3 is 56.6 Å². The van der Waals surface area contributed by atoms with Gasteiger partial charge in [-0.2, -0.15) is 0 Å². The summed E-state index contributed by atoms with van der Waals surface area (Å²) in [4.78, 5) is 0. The molecule has 0 aliphatic rings. The number of hydrogen-bond acceptors (Lipinski definition) is 0. The molecule has 0 aromatic carbocycles. The summed E-state index contributed by atoms with van der Waals surface area (Å²) in [6.07, 6.45) is 0. The first kappa shape index (κ1) is 31.3. The summed E-state index contributed by atoms with van der Waals surface area (Å²) in [7, 11) is 0. The molecule has 0 amide bonds. The van der Waals surface area contributed by atoms with E-state index in [1.807, 2.05) is 0 Å². The van der Waals surface area contributed by atoms with Crippen LogP contribution in [0.4, 0.5) is 0 Å². The second-order valence-corrected chi connectivity index (χ2v) is 0. The van der Waals surface area contributed by atoms with Crippen LogP contribution in [0.3, 0.4) is 0 Å². The van der Waals surface area contributed by atoms with Gasteiger partial charge in [-0.1, -0.05) is 0 Å². The Morgan fingerprint density at radius 3 is 0.500 bits per heavy atom. The molecule has 0 bridgehead atoms. The minimum atomic E-state index is 0. The standard InChI is InChI=1S/HI.3Li.3H/h1H;;;;;;. The molecule has 0 rings (SSSR count). The summed E-state index contributed by atoms with van der Waals surface area (Å²) >= 11 is 0. The zero-order valence-corrected chi connectivity index (χ0v) is 2.74. The van der Waals surface area contributed by atoms with Gasteiger partial charge in [-0.3, -0.25) is 0 Å². The van der Waals surface area contributed by atoms with E-state index in [1.54, 1.807) is 0 Å². The number of rotatable bonds is 0. The van der Waals surface area contributed by atoms with Crippen molar-refractivity contribution in [3.05, 3.63) is 0 Å². The summed E-state index contributed by atoms with van der Waals surface area (Å²) in [5.41, 5.74) is 0. The average Bonchev–Trinajstić information content (AvgIpc) is 0. The summed E-state index contributed by atoms with van der Waals surface area (Å²) in [5.74, 6) is 0. The fraction of sp³-hybridized carbons (Fsp3) is 0. The van der Waals surface area contributed by atoms with E-state index in [-0.39, 0.29) is 80.6 Å². The third-order valence-corrected chi connectivity index (χ3v) is 0. The van der Waals surface area contributed by atoms with Gasteiger partial charge in [0.25, 0.3) is 0 Å². The van der Waals surface area contributed by atoms with E-state index in [2.05, 4.69) is 0 Å². The normalized spacial score (nSPS) is 0. The topological polar surface area (TPSA) is 0 Å². The SMILES string of the molecule is I.[LiH].[LiH].[LiH]. The molecule has 0 N–H and O–H groups in total. The number of halogens is 1. The zero-order valence-electron chi connectivity index (χ0n) is 0.408. The average molecular weight is 152 g/mol. The molecule has 0 atom stereocenters. The molecule has 0 nitrogen and oxygen atoms in total. The van der Waals surface area contributed by atoms with Crippen molar-refractivity contribution in [1.82, 2.24) is 0 Å². The van der Waals surface area contributed by atoms with Crippen molar-refractivity contribution in [2.45, 2.75) is 0 Å². The van der Waals surface area contributed by atoms with Crippen molar-refractivity contribution < 1.29 is 0 Å². The Hall–Kier alpha value is 2.52. The predicted molar refractivity (Wildman–Crippen MR) is 36.9 cm³/mol. The van der Waals surface area contributed by atoms with Crippen molar-refractivity contribution in [2.75, 3.05) is 0 Å². The quantitative estimate of drug-likeness (QED) is 0.298. The van der Waals surface area contributed by atoms with E-state index in [1.165, 1.54) is 0 Å². The molecule has 0 radical (unpaired) electrons. The van der Waals surface area contributed by atoms with Gasteiger partial charge in [0.05, 0.1) is 0 Å². The van der Waals surface area contributed by atoms with Crippen LogP contribution in [0.1, 0.15) is 0 Å². The predicted octanol–water partition coefficient (Wildman–Crippen LogP) is -1.33. The Kier molecular flexibility index (Phi) is 139. The van der Waals surface area contributed by atoms with Crippen molar-refractivity contribution >= 4 is 80.6 Å². The summed E-state index contributed by atoms with van der Waals surface area (Å²) < 4.78 is 0. The van der Waals surface area contributed by atoms with Crippen LogP contribution in [0.15, 0.2) is 0 Å². The monoisotopic (exact) mass is 152 g/mol. The van der Waals surface area contributed by atoms with Crippen molar-refractivity contribution in [3.8, 4) is 0 Å². The van der Waals surface area contributed by atoms with Gasteiger partial charge in [0.1, 0.15) is 0 Å². The van der Waals surface area contributed by atoms with Crippen LogP contribution in [-0.4, -0.2) is 56.6 Å². The first-order valence-electron chi connectivity index (χ1n) is 0. The zero-order chi connectivity index (χ0) is 0. The van der Waals surface area contributed by atoms with Gasteiger partial charge < -0.3 is 0 Å². The van der Waals surface area contributed by atoms with Crippen molar-refractivity contribution in [3.63, 3.8) is 0 Å². The molecule has 4 heavy (non-hydrogen) atoms. The van der Waals surface area contributed by atoms with Crippen LogP contribution in [0.5, 0.6) is 0 Å². The van der Waals surface area contributed by atoms with E-state index in [0.717, 1.165) is 0 Å². The van der Waals surface area contributed by atoms with Gasteiger partial charge in [-0.25, -0.2) is 0 Å². The Bertz CT molecular complexity index is 3.25. The van der Waals surface area contributed by atoms with E-state index in [4.69, 9.17) is 0 Å². The maximum absolute atomic E-state index is 0. The van der Waals surface area contributed by atoms with Crippen LogP contribution in [0.25, 0.3) is 0 Å². The van der Waals surface area contributed by atoms with Crippen LogP contribution in [0.2, 0.25) is 0 Å². The minimum absolute atomic E-state index is 0. The molecule has 0 unspecified atom stereocenters. The van der Waals surface area contributed by atoms with Crippen LogP contribution >= 0.6 is 24.0 Å². The molecule has 0 aromatic rings. The van der Waals surface area contributed by atoms with Crippen LogP contribution < -0.4 is 0 Å². The van der Waals surface area contributed by atoms with E-state index < -0.39 is 0 Å². The van der Waals surface area contributed by atoms with Crippen LogP contribution in [-0.2, 0) is 0 Å². The fourth-order valence-electron chi connectivity index (χ4n) is 0. The fourth-order valence-corrected chi connectivity index (χ4v) is 0. The van der Waals surface area contributed by atoms with Gasteiger partial charge in [-0.05, 0) is 0 Å². The Labute approximate surface area is 79.4 Å². The Morgan fingerprint density at radius 2 is 0.500 bits per heavy atom.